The van der Waals surface area contributed by atoms with Gasteiger partial charge in [-0.2, -0.15) is 5.10 Å². The lowest BCUT2D eigenvalue weighted by Crippen LogP contribution is -2.40. The summed E-state index contributed by atoms with van der Waals surface area (Å²) in [5.74, 6) is 1.65. The van der Waals surface area contributed by atoms with Crippen molar-refractivity contribution in [2.45, 2.75) is 19.4 Å². The fraction of sp³-hybridized carbons (Fsp3) is 0.389. The number of anilines is 1. The first kappa shape index (κ1) is 17.0. The van der Waals surface area contributed by atoms with Gasteiger partial charge in [0.1, 0.15) is 11.6 Å². The van der Waals surface area contributed by atoms with Gasteiger partial charge in [-0.15, -0.1) is 0 Å². The van der Waals surface area contributed by atoms with Crippen molar-refractivity contribution in [3.63, 3.8) is 0 Å². The van der Waals surface area contributed by atoms with E-state index >= 15 is 0 Å². The number of carbonyl (C=O) groups excluding carboxylic acids is 1. The Labute approximate surface area is 146 Å². The van der Waals surface area contributed by atoms with E-state index in [1.54, 1.807) is 13.2 Å². The number of carbonyl (C=O) groups is 1. The Hall–Kier alpha value is -2.83. The van der Waals surface area contributed by atoms with Gasteiger partial charge in [0.25, 0.3) is 5.56 Å². The van der Waals surface area contributed by atoms with Crippen LogP contribution in [0.2, 0.25) is 0 Å². The molecule has 2 N–H and O–H groups in total. The summed E-state index contributed by atoms with van der Waals surface area (Å²) in [5, 5.41) is 9.49. The van der Waals surface area contributed by atoms with Crippen LogP contribution in [0.4, 0.5) is 5.82 Å². The lowest BCUT2D eigenvalue weighted by molar-refractivity contribution is -0.125. The van der Waals surface area contributed by atoms with Crippen LogP contribution in [0.5, 0.6) is 5.75 Å². The summed E-state index contributed by atoms with van der Waals surface area (Å²) in [7, 11) is 1.63. The summed E-state index contributed by atoms with van der Waals surface area (Å²) in [6, 6.07) is 10.8. The molecule has 1 aliphatic rings. The molecule has 0 saturated carbocycles. The Kier molecular flexibility index (Phi) is 5.33. The number of nitrogens with zero attached hydrogens (tertiary/aromatic N) is 2. The molecule has 2 heterocycles. The van der Waals surface area contributed by atoms with Crippen molar-refractivity contribution in [2.75, 3.05) is 25.1 Å². The number of hydrogen-bond donors (Lipinski definition) is 2. The van der Waals surface area contributed by atoms with E-state index in [0.717, 1.165) is 43.1 Å². The average Bonchev–Trinajstić information content (AvgIpc) is 2.67. The predicted molar refractivity (Wildman–Crippen MR) is 94.6 cm³/mol. The van der Waals surface area contributed by atoms with E-state index in [-0.39, 0.29) is 17.4 Å². The molecule has 1 fully saturated rings. The number of aromatic nitrogens is 2. The second-order valence-electron chi connectivity index (χ2n) is 6.11. The van der Waals surface area contributed by atoms with Crippen LogP contribution in [0.1, 0.15) is 18.4 Å². The molecule has 132 valence electrons. The third-order valence-electron chi connectivity index (χ3n) is 4.48. The van der Waals surface area contributed by atoms with Crippen molar-refractivity contribution in [1.29, 1.82) is 0 Å². The highest BCUT2D eigenvalue weighted by Gasteiger charge is 2.25. The van der Waals surface area contributed by atoms with Crippen LogP contribution in [-0.2, 0) is 11.3 Å². The largest absolute Gasteiger partial charge is 0.497 e. The summed E-state index contributed by atoms with van der Waals surface area (Å²) in [5.41, 5.74) is 0.834. The van der Waals surface area contributed by atoms with Gasteiger partial charge in [0, 0.05) is 31.6 Å². The van der Waals surface area contributed by atoms with Crippen molar-refractivity contribution < 1.29 is 9.53 Å². The molecule has 1 aromatic heterocycles. The summed E-state index contributed by atoms with van der Waals surface area (Å²) in [6.07, 6.45) is 1.55. The molecule has 0 bridgehead atoms. The van der Waals surface area contributed by atoms with Crippen LogP contribution in [0.3, 0.4) is 0 Å². The van der Waals surface area contributed by atoms with Crippen LogP contribution < -0.4 is 20.5 Å². The maximum atomic E-state index is 12.4. The van der Waals surface area contributed by atoms with Gasteiger partial charge in [0.05, 0.1) is 7.11 Å². The van der Waals surface area contributed by atoms with Crippen LogP contribution in [0, 0.1) is 5.92 Å². The van der Waals surface area contributed by atoms with E-state index in [2.05, 4.69) is 20.4 Å². The van der Waals surface area contributed by atoms with E-state index < -0.39 is 0 Å². The van der Waals surface area contributed by atoms with Crippen molar-refractivity contribution in [2.24, 2.45) is 5.92 Å². The van der Waals surface area contributed by atoms with Gasteiger partial charge in [0.15, 0.2) is 0 Å². The van der Waals surface area contributed by atoms with Crippen molar-refractivity contribution >= 4 is 11.7 Å². The van der Waals surface area contributed by atoms with Crippen LogP contribution in [-0.4, -0.2) is 36.3 Å². The quantitative estimate of drug-likeness (QED) is 0.855. The lowest BCUT2D eigenvalue weighted by Gasteiger charge is -2.31. The van der Waals surface area contributed by atoms with Crippen molar-refractivity contribution in [1.82, 2.24) is 15.5 Å². The summed E-state index contributed by atoms with van der Waals surface area (Å²) in [4.78, 5) is 25.5. The highest BCUT2D eigenvalue weighted by atomic mass is 16.5. The van der Waals surface area contributed by atoms with Gasteiger partial charge in [0.2, 0.25) is 5.91 Å². The number of benzene rings is 1. The molecule has 0 spiro atoms. The Bertz CT molecular complexity index is 744. The minimum Gasteiger partial charge on any atom is -0.497 e. The third-order valence-corrected chi connectivity index (χ3v) is 4.48. The highest BCUT2D eigenvalue weighted by Crippen LogP contribution is 2.21. The molecule has 1 saturated heterocycles. The van der Waals surface area contributed by atoms with Crippen molar-refractivity contribution in [3.05, 3.63) is 52.3 Å². The Morgan fingerprint density at radius 3 is 2.56 bits per heavy atom. The molecule has 1 aromatic carbocycles. The molecular formula is C18H22N4O3. The number of rotatable bonds is 5. The molecule has 2 aromatic rings. The highest BCUT2D eigenvalue weighted by molar-refractivity contribution is 5.79. The zero-order chi connectivity index (χ0) is 17.6. The molecule has 0 aliphatic carbocycles. The second-order valence-corrected chi connectivity index (χ2v) is 6.11. The van der Waals surface area contributed by atoms with Gasteiger partial charge < -0.3 is 15.0 Å². The monoisotopic (exact) mass is 342 g/mol. The SMILES string of the molecule is COc1ccc(CNC(=O)C2CCN(c3ccc(=O)[nH]n3)CC2)cc1. The van der Waals surface area contributed by atoms with Crippen molar-refractivity contribution in [3.8, 4) is 5.75 Å². The zero-order valence-electron chi connectivity index (χ0n) is 14.2. The molecular weight excluding hydrogens is 320 g/mol. The number of aromatic amines is 1. The number of piperidine rings is 1. The first-order valence-corrected chi connectivity index (χ1v) is 8.37. The maximum Gasteiger partial charge on any atom is 0.264 e. The molecule has 7 heteroatoms. The molecule has 7 nitrogen and oxygen atoms in total. The second kappa shape index (κ2) is 7.83. The Balaban J connectivity index is 1.47. The maximum absolute atomic E-state index is 12.4. The number of amides is 1. The van der Waals surface area contributed by atoms with E-state index in [1.807, 2.05) is 24.3 Å². The van der Waals surface area contributed by atoms with Crippen LogP contribution >= 0.6 is 0 Å². The molecule has 1 aliphatic heterocycles. The number of ether oxygens (including phenoxy) is 1. The molecule has 3 rings (SSSR count). The van der Waals surface area contributed by atoms with Gasteiger partial charge in [-0.3, -0.25) is 9.59 Å². The van der Waals surface area contributed by atoms with E-state index in [0.29, 0.717) is 6.54 Å². The minimum absolute atomic E-state index is 0.0114. The van der Waals surface area contributed by atoms with E-state index in [1.165, 1.54) is 6.07 Å². The third kappa shape index (κ3) is 4.37. The van der Waals surface area contributed by atoms with Gasteiger partial charge >= 0.3 is 0 Å². The first-order valence-electron chi connectivity index (χ1n) is 8.37. The summed E-state index contributed by atoms with van der Waals surface area (Å²) in [6.45, 7) is 2.02. The fourth-order valence-electron chi connectivity index (χ4n) is 2.96. The zero-order valence-corrected chi connectivity index (χ0v) is 14.2. The smallest absolute Gasteiger partial charge is 0.264 e. The van der Waals surface area contributed by atoms with Gasteiger partial charge in [-0.05, 0) is 36.6 Å². The van der Waals surface area contributed by atoms with Gasteiger partial charge in [-0.25, -0.2) is 5.10 Å². The Morgan fingerprint density at radius 1 is 1.24 bits per heavy atom. The molecule has 0 radical (unpaired) electrons. The number of H-pyrrole nitrogens is 1. The van der Waals surface area contributed by atoms with E-state index in [4.69, 9.17) is 4.74 Å². The normalized spacial score (nSPS) is 15.0. The minimum atomic E-state index is -0.212. The van der Waals surface area contributed by atoms with Crippen LogP contribution in [0.15, 0.2) is 41.2 Å². The first-order chi connectivity index (χ1) is 12.2. The number of methoxy groups -OCH3 is 1. The number of hydrogen-bond acceptors (Lipinski definition) is 5. The summed E-state index contributed by atoms with van der Waals surface area (Å²) < 4.78 is 5.13. The molecule has 0 unspecified atom stereocenters. The Morgan fingerprint density at radius 2 is 1.96 bits per heavy atom. The topological polar surface area (TPSA) is 87.3 Å². The van der Waals surface area contributed by atoms with Gasteiger partial charge in [-0.1, -0.05) is 12.1 Å². The van der Waals surface area contributed by atoms with E-state index in [9.17, 15) is 9.59 Å². The standard InChI is InChI=1S/C18H22N4O3/c1-25-15-4-2-13(3-5-15)12-19-18(24)14-8-10-22(11-9-14)16-6-7-17(23)21-20-16/h2-7,14H,8-12H2,1H3,(H,19,24)(H,21,23). The van der Waals surface area contributed by atoms with Crippen LogP contribution in [0.25, 0.3) is 0 Å². The number of nitrogens with one attached hydrogen (secondary N) is 2. The predicted octanol–water partition coefficient (Wildman–Crippen LogP) is 1.31. The molecule has 1 amide bonds. The fourth-order valence-corrected chi connectivity index (χ4v) is 2.96. The average molecular weight is 342 g/mol. The lowest BCUT2D eigenvalue weighted by atomic mass is 9.96. The molecule has 25 heavy (non-hydrogen) atoms. The summed E-state index contributed by atoms with van der Waals surface area (Å²) >= 11 is 0. The molecule has 0 atom stereocenters.